The highest BCUT2D eigenvalue weighted by molar-refractivity contribution is 7.86. The zero-order valence-corrected chi connectivity index (χ0v) is 15.4. The molecular formula is C14H14O11S2. The van der Waals surface area contributed by atoms with E-state index in [1.807, 2.05) is 0 Å². The van der Waals surface area contributed by atoms with Gasteiger partial charge in [-0.1, -0.05) is 0 Å². The van der Waals surface area contributed by atoms with Crippen LogP contribution in [0.15, 0.2) is 34.1 Å². The van der Waals surface area contributed by atoms with Crippen molar-refractivity contribution in [1.29, 1.82) is 0 Å². The van der Waals surface area contributed by atoms with Crippen molar-refractivity contribution in [1.82, 2.24) is 0 Å². The Kier molecular flexibility index (Phi) is 5.42. The lowest BCUT2D eigenvalue weighted by Gasteiger charge is -2.15. The summed E-state index contributed by atoms with van der Waals surface area (Å²) in [5, 5.41) is 19.4. The molecule has 0 saturated carbocycles. The van der Waals surface area contributed by atoms with Crippen molar-refractivity contribution in [3.05, 3.63) is 24.3 Å². The first kappa shape index (κ1) is 20.6. The van der Waals surface area contributed by atoms with Gasteiger partial charge in [0.2, 0.25) is 0 Å². The minimum absolute atomic E-state index is 0.253. The van der Waals surface area contributed by atoms with Gasteiger partial charge in [0.1, 0.15) is 9.79 Å². The summed E-state index contributed by atoms with van der Waals surface area (Å²) in [7, 11) is -7.51. The van der Waals surface area contributed by atoms with E-state index in [0.717, 1.165) is 26.4 Å². The third-order valence-corrected chi connectivity index (χ3v) is 5.02. The molecule has 0 bridgehead atoms. The number of methoxy groups -OCH3 is 2. The smallest absolute Gasteiger partial charge is 0.298 e. The number of aromatic hydroxyl groups is 2. The average Bonchev–Trinajstić information content (AvgIpc) is 2.55. The van der Waals surface area contributed by atoms with E-state index in [1.54, 1.807) is 0 Å². The highest BCUT2D eigenvalue weighted by Crippen LogP contribution is 2.42. The number of benzene rings is 2. The van der Waals surface area contributed by atoms with Gasteiger partial charge in [-0.15, -0.1) is 0 Å². The van der Waals surface area contributed by atoms with Crippen molar-refractivity contribution in [2.24, 2.45) is 0 Å². The van der Waals surface area contributed by atoms with Crippen molar-refractivity contribution in [2.45, 2.75) is 9.79 Å². The van der Waals surface area contributed by atoms with Crippen LogP contribution in [0.25, 0.3) is 0 Å². The lowest BCUT2D eigenvalue weighted by molar-refractivity contribution is 0.358. The van der Waals surface area contributed by atoms with Crippen LogP contribution in [-0.2, 0) is 20.2 Å². The minimum Gasteiger partial charge on any atom is -0.504 e. The van der Waals surface area contributed by atoms with Crippen molar-refractivity contribution >= 4 is 20.2 Å². The van der Waals surface area contributed by atoms with Gasteiger partial charge in [-0.25, -0.2) is 0 Å². The van der Waals surface area contributed by atoms with E-state index in [9.17, 15) is 36.2 Å². The molecule has 0 fully saturated rings. The van der Waals surface area contributed by atoms with Crippen molar-refractivity contribution in [3.8, 4) is 34.5 Å². The van der Waals surface area contributed by atoms with Crippen LogP contribution in [0.5, 0.6) is 34.5 Å². The largest absolute Gasteiger partial charge is 0.504 e. The zero-order chi connectivity index (χ0) is 20.6. The highest BCUT2D eigenvalue weighted by Gasteiger charge is 2.26. The number of rotatable bonds is 6. The molecule has 4 N–H and O–H groups in total. The third-order valence-electron chi connectivity index (χ3n) is 3.27. The Labute approximate surface area is 153 Å². The second kappa shape index (κ2) is 7.11. The van der Waals surface area contributed by atoms with Gasteiger partial charge in [-0.05, 0) is 0 Å². The fourth-order valence-corrected chi connectivity index (χ4v) is 3.30. The fourth-order valence-electron chi connectivity index (χ4n) is 2.07. The fraction of sp³-hybridized carbons (Fsp3) is 0.143. The molecule has 13 heteroatoms. The molecule has 148 valence electrons. The van der Waals surface area contributed by atoms with Gasteiger partial charge in [0.25, 0.3) is 20.2 Å². The average molecular weight is 422 g/mol. The molecule has 11 nitrogen and oxygen atoms in total. The van der Waals surface area contributed by atoms with Gasteiger partial charge in [0.15, 0.2) is 34.5 Å². The first-order valence-corrected chi connectivity index (χ1v) is 9.71. The quantitative estimate of drug-likeness (QED) is 0.495. The van der Waals surface area contributed by atoms with E-state index >= 15 is 0 Å². The number of phenols is 2. The van der Waals surface area contributed by atoms with E-state index in [4.69, 9.17) is 14.2 Å². The predicted octanol–water partition coefficient (Wildman–Crippen LogP) is 1.40. The maximum Gasteiger partial charge on any atom is 0.298 e. The van der Waals surface area contributed by atoms with Crippen LogP contribution in [0.1, 0.15) is 0 Å². The summed E-state index contributed by atoms with van der Waals surface area (Å²) in [6.07, 6.45) is 0. The molecule has 2 aromatic carbocycles. The summed E-state index contributed by atoms with van der Waals surface area (Å²) in [5.74, 6) is -3.06. The van der Waals surface area contributed by atoms with Gasteiger partial charge in [0, 0.05) is 24.3 Å². The van der Waals surface area contributed by atoms with Crippen LogP contribution in [0.2, 0.25) is 0 Å². The summed E-state index contributed by atoms with van der Waals surface area (Å²) in [5.41, 5.74) is 0. The lowest BCUT2D eigenvalue weighted by atomic mass is 10.2. The molecule has 0 aliphatic carbocycles. The molecule has 0 atom stereocenters. The Bertz CT molecular complexity index is 1000. The molecule has 0 aliphatic heterocycles. The Balaban J connectivity index is 2.77. The predicted molar refractivity (Wildman–Crippen MR) is 89.0 cm³/mol. The van der Waals surface area contributed by atoms with Crippen molar-refractivity contribution in [3.63, 3.8) is 0 Å². The normalized spacial score (nSPS) is 11.9. The van der Waals surface area contributed by atoms with E-state index in [2.05, 4.69) is 0 Å². The molecule has 0 radical (unpaired) electrons. The standard InChI is InChI=1S/C14H14O11S2/c1-23-9-5-11(13(3-7(9)15)26(17,18)19)25-12-6-10(24-2)8(16)4-14(12)27(20,21)22/h3-6,15-16H,1-2H3,(H,17,18,19)(H,20,21,22). The first-order valence-electron chi connectivity index (χ1n) is 6.83. The Hall–Kier alpha value is -2.74. The number of ether oxygens (including phenoxy) is 3. The summed E-state index contributed by atoms with van der Waals surface area (Å²) in [6, 6.07) is 2.97. The Morgan fingerprint density at radius 2 is 1.00 bits per heavy atom. The van der Waals surface area contributed by atoms with Crippen LogP contribution in [0, 0.1) is 0 Å². The second-order valence-corrected chi connectivity index (χ2v) is 7.77. The summed E-state index contributed by atoms with van der Waals surface area (Å²) >= 11 is 0. The van der Waals surface area contributed by atoms with Crippen LogP contribution in [0.4, 0.5) is 0 Å². The molecule has 2 rings (SSSR count). The summed E-state index contributed by atoms with van der Waals surface area (Å²) < 4.78 is 79.7. The summed E-state index contributed by atoms with van der Waals surface area (Å²) in [6.45, 7) is 0. The Morgan fingerprint density at radius 1 is 0.667 bits per heavy atom. The van der Waals surface area contributed by atoms with Crippen molar-refractivity contribution < 1.29 is 50.4 Å². The molecule has 0 amide bonds. The Morgan fingerprint density at radius 3 is 1.26 bits per heavy atom. The molecule has 0 heterocycles. The molecule has 0 aliphatic rings. The van der Waals surface area contributed by atoms with E-state index < -0.39 is 53.0 Å². The van der Waals surface area contributed by atoms with Crippen LogP contribution in [0.3, 0.4) is 0 Å². The molecular weight excluding hydrogens is 408 g/mol. The molecule has 27 heavy (non-hydrogen) atoms. The zero-order valence-electron chi connectivity index (χ0n) is 13.8. The van der Waals surface area contributed by atoms with Gasteiger partial charge >= 0.3 is 0 Å². The van der Waals surface area contributed by atoms with Gasteiger partial charge < -0.3 is 24.4 Å². The van der Waals surface area contributed by atoms with Crippen molar-refractivity contribution in [2.75, 3.05) is 14.2 Å². The van der Waals surface area contributed by atoms with Crippen LogP contribution in [-0.4, -0.2) is 50.4 Å². The van der Waals surface area contributed by atoms with Gasteiger partial charge in [-0.2, -0.15) is 16.8 Å². The van der Waals surface area contributed by atoms with Crippen LogP contribution >= 0.6 is 0 Å². The van der Waals surface area contributed by atoms with Gasteiger partial charge in [-0.3, -0.25) is 9.11 Å². The lowest BCUT2D eigenvalue weighted by Crippen LogP contribution is -2.05. The maximum absolute atomic E-state index is 11.5. The monoisotopic (exact) mass is 422 g/mol. The summed E-state index contributed by atoms with van der Waals surface area (Å²) in [4.78, 5) is -1.82. The highest BCUT2D eigenvalue weighted by atomic mass is 32.2. The minimum atomic E-state index is -4.91. The van der Waals surface area contributed by atoms with E-state index in [0.29, 0.717) is 12.1 Å². The maximum atomic E-state index is 11.5. The topological polar surface area (TPSA) is 177 Å². The second-order valence-electron chi connectivity index (χ2n) is 4.99. The van der Waals surface area contributed by atoms with E-state index in [-0.39, 0.29) is 11.5 Å². The molecule has 0 unspecified atom stereocenters. The van der Waals surface area contributed by atoms with Crippen LogP contribution < -0.4 is 14.2 Å². The molecule has 0 saturated heterocycles. The molecule has 0 aromatic heterocycles. The number of hydrogen-bond acceptors (Lipinski definition) is 9. The van der Waals surface area contributed by atoms with E-state index in [1.165, 1.54) is 0 Å². The first-order chi connectivity index (χ1) is 12.4. The number of hydrogen-bond donors (Lipinski definition) is 4. The third kappa shape index (κ3) is 4.33. The number of phenolic OH excluding ortho intramolecular Hbond substituents is 2. The SMILES string of the molecule is COc1cc(Oc2cc(OC)c(O)cc2S(=O)(=O)O)c(S(=O)(=O)O)cc1O. The molecule has 0 spiro atoms. The van der Waals surface area contributed by atoms with Gasteiger partial charge in [0.05, 0.1) is 14.2 Å². The molecule has 2 aromatic rings.